The minimum atomic E-state index is -4.24. The number of sulfonamides is 1. The van der Waals surface area contributed by atoms with Crippen LogP contribution >= 0.6 is 11.6 Å². The van der Waals surface area contributed by atoms with Gasteiger partial charge < -0.3 is 0 Å². The predicted molar refractivity (Wildman–Crippen MR) is 121 cm³/mol. The summed E-state index contributed by atoms with van der Waals surface area (Å²) >= 11 is 6.21. The monoisotopic (exact) mass is 473 g/mol. The summed E-state index contributed by atoms with van der Waals surface area (Å²) in [7, 11) is -4.24. The SMILES string of the molecule is CC(=O)Cc1cc(-c2cnc(Cl)c(NS(=O)(=O)c3ccc(C4CC4)cc3F)c2C)ccn1. The van der Waals surface area contributed by atoms with E-state index in [9.17, 15) is 17.6 Å². The number of carbonyl (C=O) groups excluding carboxylic acids is 1. The molecule has 0 saturated heterocycles. The first kappa shape index (κ1) is 22.4. The van der Waals surface area contributed by atoms with Crippen molar-refractivity contribution < 1.29 is 17.6 Å². The normalized spacial score (nSPS) is 13.8. The molecule has 1 saturated carbocycles. The molecule has 1 fully saturated rings. The summed E-state index contributed by atoms with van der Waals surface area (Å²) in [5, 5.41) is -0.0529. The summed E-state index contributed by atoms with van der Waals surface area (Å²) in [6.07, 6.45) is 5.25. The van der Waals surface area contributed by atoms with Gasteiger partial charge in [0.2, 0.25) is 0 Å². The van der Waals surface area contributed by atoms with Crippen molar-refractivity contribution in [2.75, 3.05) is 4.72 Å². The lowest BCUT2D eigenvalue weighted by atomic mass is 10.0. The van der Waals surface area contributed by atoms with Crippen LogP contribution in [-0.2, 0) is 21.2 Å². The summed E-state index contributed by atoms with van der Waals surface area (Å²) in [6, 6.07) is 7.68. The molecule has 2 aromatic heterocycles. The van der Waals surface area contributed by atoms with Gasteiger partial charge in [-0.1, -0.05) is 17.7 Å². The molecular weight excluding hydrogens is 453 g/mol. The average Bonchev–Trinajstić information content (AvgIpc) is 3.56. The highest BCUT2D eigenvalue weighted by molar-refractivity contribution is 7.92. The van der Waals surface area contributed by atoms with E-state index in [1.54, 1.807) is 31.3 Å². The number of carbonyl (C=O) groups is 1. The number of hydrogen-bond donors (Lipinski definition) is 1. The number of nitrogens with one attached hydrogen (secondary N) is 1. The van der Waals surface area contributed by atoms with Gasteiger partial charge in [0.15, 0.2) is 5.15 Å². The van der Waals surface area contributed by atoms with Crippen molar-refractivity contribution in [2.45, 2.75) is 43.9 Å². The van der Waals surface area contributed by atoms with Gasteiger partial charge in [-0.05, 0) is 73.6 Å². The first-order valence-corrected chi connectivity index (χ1v) is 11.9. The Bertz CT molecular complexity index is 1320. The molecule has 166 valence electrons. The van der Waals surface area contributed by atoms with Gasteiger partial charge >= 0.3 is 0 Å². The first-order chi connectivity index (χ1) is 15.2. The molecule has 1 aliphatic carbocycles. The maximum absolute atomic E-state index is 14.6. The Labute approximate surface area is 190 Å². The van der Waals surface area contributed by atoms with Crippen LogP contribution in [0.25, 0.3) is 11.1 Å². The number of pyridine rings is 2. The van der Waals surface area contributed by atoms with Crippen LogP contribution in [0.2, 0.25) is 5.15 Å². The van der Waals surface area contributed by atoms with Crippen LogP contribution in [-0.4, -0.2) is 24.2 Å². The van der Waals surface area contributed by atoms with E-state index in [1.165, 1.54) is 25.3 Å². The molecule has 1 aromatic carbocycles. The average molecular weight is 474 g/mol. The summed E-state index contributed by atoms with van der Waals surface area (Å²) in [5.41, 5.74) is 3.30. The van der Waals surface area contributed by atoms with Gasteiger partial charge in [0.25, 0.3) is 10.0 Å². The van der Waals surface area contributed by atoms with Gasteiger partial charge in [-0.3, -0.25) is 14.5 Å². The number of hydrogen-bond acceptors (Lipinski definition) is 5. The van der Waals surface area contributed by atoms with E-state index in [0.717, 1.165) is 18.4 Å². The molecule has 1 aliphatic rings. The fraction of sp³-hybridized carbons (Fsp3) is 0.261. The van der Waals surface area contributed by atoms with Crippen LogP contribution < -0.4 is 4.72 Å². The van der Waals surface area contributed by atoms with Crippen molar-refractivity contribution in [3.05, 3.63) is 70.5 Å². The molecule has 4 rings (SSSR count). The standard InChI is InChI=1S/C23H21ClFN3O3S/c1-13(29)9-18-10-17(7-8-26-18)19-12-27-23(24)22(14(19)2)28-32(30,31)21-6-5-16(11-20(21)25)15-3-4-15/h5-8,10-12,15,28H,3-4,9H2,1-2H3. The third-order valence-electron chi connectivity index (χ3n) is 5.38. The minimum absolute atomic E-state index is 0.0243. The smallest absolute Gasteiger partial charge is 0.264 e. The maximum atomic E-state index is 14.6. The molecule has 32 heavy (non-hydrogen) atoms. The number of aromatic nitrogens is 2. The van der Waals surface area contributed by atoms with Crippen LogP contribution in [0.3, 0.4) is 0 Å². The van der Waals surface area contributed by atoms with Crippen molar-refractivity contribution in [3.63, 3.8) is 0 Å². The summed E-state index contributed by atoms with van der Waals surface area (Å²) in [6.45, 7) is 3.17. The van der Waals surface area contributed by atoms with Gasteiger partial charge in [0.1, 0.15) is 16.5 Å². The Hall–Kier alpha value is -2.84. The molecule has 0 aliphatic heterocycles. The molecule has 3 aromatic rings. The lowest BCUT2D eigenvalue weighted by Crippen LogP contribution is -2.16. The second-order valence-corrected chi connectivity index (χ2v) is 9.96. The summed E-state index contributed by atoms with van der Waals surface area (Å²) < 4.78 is 43.0. The number of nitrogens with zero attached hydrogens (tertiary/aromatic N) is 2. The molecule has 6 nitrogen and oxygen atoms in total. The van der Waals surface area contributed by atoms with Crippen LogP contribution in [0.5, 0.6) is 0 Å². The van der Waals surface area contributed by atoms with Gasteiger partial charge in [0, 0.05) is 30.1 Å². The molecule has 0 spiro atoms. The van der Waals surface area contributed by atoms with Crippen molar-refractivity contribution in [1.29, 1.82) is 0 Å². The summed E-state index contributed by atoms with van der Waals surface area (Å²) in [4.78, 5) is 19.3. The fourth-order valence-corrected chi connectivity index (χ4v) is 5.06. The van der Waals surface area contributed by atoms with Gasteiger partial charge in [-0.15, -0.1) is 0 Å². The van der Waals surface area contributed by atoms with E-state index in [-0.39, 0.29) is 23.0 Å². The molecule has 0 radical (unpaired) electrons. The number of Topliss-reactive ketones (excluding diaryl/α,β-unsaturated/α-hetero) is 1. The number of benzene rings is 1. The third kappa shape index (κ3) is 4.66. The summed E-state index contributed by atoms with van der Waals surface area (Å²) in [5.74, 6) is -0.522. The van der Waals surface area contributed by atoms with Gasteiger partial charge in [0.05, 0.1) is 5.69 Å². The Morgan fingerprint density at radius 3 is 2.62 bits per heavy atom. The highest BCUT2D eigenvalue weighted by atomic mass is 35.5. The lowest BCUT2D eigenvalue weighted by Gasteiger charge is -2.16. The molecular formula is C23H21ClFN3O3S. The largest absolute Gasteiger partial charge is 0.300 e. The first-order valence-electron chi connectivity index (χ1n) is 10.1. The third-order valence-corrected chi connectivity index (χ3v) is 7.05. The zero-order chi connectivity index (χ0) is 23.0. The highest BCUT2D eigenvalue weighted by Crippen LogP contribution is 2.41. The topological polar surface area (TPSA) is 89.0 Å². The number of rotatable bonds is 7. The van der Waals surface area contributed by atoms with E-state index in [0.29, 0.717) is 28.3 Å². The second kappa shape index (κ2) is 8.60. The Morgan fingerprint density at radius 2 is 1.97 bits per heavy atom. The zero-order valence-electron chi connectivity index (χ0n) is 17.5. The van der Waals surface area contributed by atoms with Crippen LogP contribution in [0, 0.1) is 12.7 Å². The second-order valence-electron chi connectivity index (χ2n) is 7.95. The van der Waals surface area contributed by atoms with Crippen LogP contribution in [0.4, 0.5) is 10.1 Å². The van der Waals surface area contributed by atoms with Gasteiger partial charge in [-0.2, -0.15) is 0 Å². The molecule has 0 amide bonds. The Kier molecular flexibility index (Phi) is 6.01. The van der Waals surface area contributed by atoms with Crippen molar-refractivity contribution >= 4 is 33.1 Å². The van der Waals surface area contributed by atoms with Crippen LogP contribution in [0.15, 0.2) is 47.6 Å². The van der Waals surface area contributed by atoms with Crippen molar-refractivity contribution in [1.82, 2.24) is 9.97 Å². The fourth-order valence-electron chi connectivity index (χ4n) is 3.57. The van der Waals surface area contributed by atoms with Crippen molar-refractivity contribution in [3.8, 4) is 11.1 Å². The predicted octanol–water partition coefficient (Wildman–Crippen LogP) is 5.05. The lowest BCUT2D eigenvalue weighted by molar-refractivity contribution is -0.116. The Morgan fingerprint density at radius 1 is 1.22 bits per heavy atom. The minimum Gasteiger partial charge on any atom is -0.300 e. The molecule has 1 N–H and O–H groups in total. The molecule has 2 heterocycles. The molecule has 0 unspecified atom stereocenters. The van der Waals surface area contributed by atoms with E-state index < -0.39 is 20.7 Å². The van der Waals surface area contributed by atoms with Gasteiger partial charge in [-0.25, -0.2) is 17.8 Å². The van der Waals surface area contributed by atoms with Crippen molar-refractivity contribution in [2.24, 2.45) is 0 Å². The molecule has 9 heteroatoms. The number of ketones is 1. The number of anilines is 1. The van der Waals surface area contributed by atoms with E-state index in [4.69, 9.17) is 11.6 Å². The highest BCUT2D eigenvalue weighted by Gasteiger charge is 2.27. The van der Waals surface area contributed by atoms with Crippen LogP contribution in [0.1, 0.15) is 42.5 Å². The maximum Gasteiger partial charge on any atom is 0.264 e. The van der Waals surface area contributed by atoms with E-state index in [2.05, 4.69) is 14.7 Å². The number of halogens is 2. The van der Waals surface area contributed by atoms with E-state index in [1.807, 2.05) is 0 Å². The molecule has 0 atom stereocenters. The van der Waals surface area contributed by atoms with E-state index >= 15 is 0 Å². The quantitative estimate of drug-likeness (QED) is 0.485. The molecule has 0 bridgehead atoms. The zero-order valence-corrected chi connectivity index (χ0v) is 19.1. The Balaban J connectivity index is 1.70.